The Balaban J connectivity index is 2.15. The number of benzene rings is 2. The van der Waals surface area contributed by atoms with Crippen molar-refractivity contribution in [3.63, 3.8) is 0 Å². The molecule has 0 spiro atoms. The molecule has 2 aromatic rings. The summed E-state index contributed by atoms with van der Waals surface area (Å²) < 4.78 is 5.26. The van der Waals surface area contributed by atoms with Crippen LogP contribution >= 0.6 is 0 Å². The fraction of sp³-hybridized carbons (Fsp3) is 0.350. The summed E-state index contributed by atoms with van der Waals surface area (Å²) in [4.78, 5) is 12.4. The third kappa shape index (κ3) is 4.13. The molecule has 2 aromatic carbocycles. The number of rotatable bonds is 6. The van der Waals surface area contributed by atoms with Gasteiger partial charge in [0.15, 0.2) is 0 Å². The lowest BCUT2D eigenvalue weighted by molar-refractivity contribution is -0.115. The maximum atomic E-state index is 12.4. The normalized spacial score (nSPS) is 10.4. The van der Waals surface area contributed by atoms with Gasteiger partial charge in [-0.1, -0.05) is 44.2 Å². The van der Waals surface area contributed by atoms with Gasteiger partial charge in [0.1, 0.15) is 5.75 Å². The number of ether oxygens (including phenoxy) is 1. The van der Waals surface area contributed by atoms with Crippen molar-refractivity contribution in [2.45, 2.75) is 40.0 Å². The van der Waals surface area contributed by atoms with Crippen LogP contribution in [0.4, 0.5) is 5.69 Å². The SMILES string of the molecule is CCc1cccc(CC)c1NC(=O)Cc1ccc(OC)c(C)c1. The quantitative estimate of drug-likeness (QED) is 0.863. The Bertz CT molecular complexity index is 670. The van der Waals surface area contributed by atoms with Crippen molar-refractivity contribution >= 4 is 11.6 Å². The first kappa shape index (κ1) is 17.1. The van der Waals surface area contributed by atoms with Crippen LogP contribution in [-0.2, 0) is 24.1 Å². The van der Waals surface area contributed by atoms with Crippen LogP contribution in [-0.4, -0.2) is 13.0 Å². The average molecular weight is 311 g/mol. The Kier molecular flexibility index (Phi) is 5.80. The van der Waals surface area contributed by atoms with Crippen molar-refractivity contribution in [3.8, 4) is 5.75 Å². The Hall–Kier alpha value is -2.29. The summed E-state index contributed by atoms with van der Waals surface area (Å²) in [6.07, 6.45) is 2.18. The van der Waals surface area contributed by atoms with Gasteiger partial charge in [0.2, 0.25) is 5.91 Å². The van der Waals surface area contributed by atoms with E-state index in [4.69, 9.17) is 4.74 Å². The van der Waals surface area contributed by atoms with Crippen molar-refractivity contribution in [2.75, 3.05) is 12.4 Å². The Labute approximate surface area is 138 Å². The van der Waals surface area contributed by atoms with Crippen LogP contribution < -0.4 is 10.1 Å². The minimum Gasteiger partial charge on any atom is -0.496 e. The standard InChI is InChI=1S/C20H25NO2/c1-5-16-8-7-9-17(6-2)20(16)21-19(22)13-15-10-11-18(23-4)14(3)12-15/h7-12H,5-6,13H2,1-4H3,(H,21,22). The minimum absolute atomic E-state index is 0.0187. The molecule has 0 radical (unpaired) electrons. The molecule has 0 saturated carbocycles. The lowest BCUT2D eigenvalue weighted by Gasteiger charge is -2.14. The van der Waals surface area contributed by atoms with Gasteiger partial charge in [0, 0.05) is 5.69 Å². The number of aryl methyl sites for hydroxylation is 3. The van der Waals surface area contributed by atoms with Crippen LogP contribution in [0.5, 0.6) is 5.75 Å². The zero-order chi connectivity index (χ0) is 16.8. The number of hydrogen-bond acceptors (Lipinski definition) is 2. The third-order valence-electron chi connectivity index (χ3n) is 4.09. The number of methoxy groups -OCH3 is 1. The maximum Gasteiger partial charge on any atom is 0.228 e. The zero-order valence-corrected chi connectivity index (χ0v) is 14.4. The second kappa shape index (κ2) is 7.82. The van der Waals surface area contributed by atoms with Gasteiger partial charge < -0.3 is 10.1 Å². The van der Waals surface area contributed by atoms with E-state index in [2.05, 4.69) is 37.4 Å². The van der Waals surface area contributed by atoms with Gasteiger partial charge in [-0.3, -0.25) is 4.79 Å². The lowest BCUT2D eigenvalue weighted by atomic mass is 10.0. The summed E-state index contributed by atoms with van der Waals surface area (Å²) in [5, 5.41) is 3.11. The molecule has 0 aromatic heterocycles. The molecular formula is C20H25NO2. The van der Waals surface area contributed by atoms with Crippen molar-refractivity contribution < 1.29 is 9.53 Å². The molecule has 0 unspecified atom stereocenters. The van der Waals surface area contributed by atoms with E-state index in [9.17, 15) is 4.79 Å². The molecule has 0 saturated heterocycles. The summed E-state index contributed by atoms with van der Waals surface area (Å²) in [5.41, 5.74) is 5.38. The number of nitrogens with one attached hydrogen (secondary N) is 1. The highest BCUT2D eigenvalue weighted by Crippen LogP contribution is 2.23. The highest BCUT2D eigenvalue weighted by molar-refractivity contribution is 5.93. The van der Waals surface area contributed by atoms with Gasteiger partial charge in [-0.15, -0.1) is 0 Å². The van der Waals surface area contributed by atoms with Crippen molar-refractivity contribution in [3.05, 3.63) is 58.7 Å². The van der Waals surface area contributed by atoms with E-state index in [0.29, 0.717) is 6.42 Å². The smallest absolute Gasteiger partial charge is 0.228 e. The van der Waals surface area contributed by atoms with Gasteiger partial charge in [-0.2, -0.15) is 0 Å². The largest absolute Gasteiger partial charge is 0.496 e. The molecule has 122 valence electrons. The average Bonchev–Trinajstić information content (AvgIpc) is 2.55. The number of hydrogen-bond donors (Lipinski definition) is 1. The molecule has 0 aliphatic heterocycles. The molecule has 3 nitrogen and oxygen atoms in total. The summed E-state index contributed by atoms with van der Waals surface area (Å²) in [6, 6.07) is 12.1. The summed E-state index contributed by atoms with van der Waals surface area (Å²) in [6.45, 7) is 6.20. The fourth-order valence-electron chi connectivity index (χ4n) is 2.82. The van der Waals surface area contributed by atoms with Gasteiger partial charge in [0.05, 0.1) is 13.5 Å². The lowest BCUT2D eigenvalue weighted by Crippen LogP contribution is -2.17. The van der Waals surface area contributed by atoms with Crippen LogP contribution in [0.15, 0.2) is 36.4 Å². The predicted octanol–water partition coefficient (Wildman–Crippen LogP) is 4.31. The molecule has 3 heteroatoms. The molecule has 0 heterocycles. The number of amides is 1. The second-order valence-electron chi connectivity index (χ2n) is 5.69. The van der Waals surface area contributed by atoms with Crippen molar-refractivity contribution in [2.24, 2.45) is 0 Å². The Morgan fingerprint density at radius 1 is 1.09 bits per heavy atom. The van der Waals surface area contributed by atoms with Gasteiger partial charge in [0.25, 0.3) is 0 Å². The van der Waals surface area contributed by atoms with Gasteiger partial charge in [-0.05, 0) is 48.1 Å². The Morgan fingerprint density at radius 2 is 1.74 bits per heavy atom. The van der Waals surface area contributed by atoms with Gasteiger partial charge in [-0.25, -0.2) is 0 Å². The van der Waals surface area contributed by atoms with Crippen molar-refractivity contribution in [1.82, 2.24) is 0 Å². The van der Waals surface area contributed by atoms with E-state index in [1.54, 1.807) is 7.11 Å². The van der Waals surface area contributed by atoms with E-state index >= 15 is 0 Å². The summed E-state index contributed by atoms with van der Waals surface area (Å²) in [5.74, 6) is 0.865. The van der Waals surface area contributed by atoms with E-state index in [0.717, 1.165) is 35.4 Å². The summed E-state index contributed by atoms with van der Waals surface area (Å²) in [7, 11) is 1.66. The first-order valence-corrected chi connectivity index (χ1v) is 8.13. The first-order valence-electron chi connectivity index (χ1n) is 8.13. The van der Waals surface area contributed by atoms with Crippen LogP contribution in [0.1, 0.15) is 36.1 Å². The van der Waals surface area contributed by atoms with E-state index in [1.165, 1.54) is 11.1 Å². The molecular weight excluding hydrogens is 286 g/mol. The zero-order valence-electron chi connectivity index (χ0n) is 14.4. The van der Waals surface area contributed by atoms with Crippen LogP contribution in [0.2, 0.25) is 0 Å². The fourth-order valence-corrected chi connectivity index (χ4v) is 2.82. The maximum absolute atomic E-state index is 12.4. The third-order valence-corrected chi connectivity index (χ3v) is 4.09. The first-order chi connectivity index (χ1) is 11.1. The molecule has 1 N–H and O–H groups in total. The number of carbonyl (C=O) groups excluding carboxylic acids is 1. The Morgan fingerprint density at radius 3 is 2.26 bits per heavy atom. The van der Waals surface area contributed by atoms with E-state index in [-0.39, 0.29) is 5.91 Å². The number of anilines is 1. The van der Waals surface area contributed by atoms with Crippen LogP contribution in [0.3, 0.4) is 0 Å². The highest BCUT2D eigenvalue weighted by Gasteiger charge is 2.11. The summed E-state index contributed by atoms with van der Waals surface area (Å²) >= 11 is 0. The number of carbonyl (C=O) groups is 1. The van der Waals surface area contributed by atoms with Crippen LogP contribution in [0, 0.1) is 6.92 Å². The monoisotopic (exact) mass is 311 g/mol. The van der Waals surface area contributed by atoms with Gasteiger partial charge >= 0.3 is 0 Å². The highest BCUT2D eigenvalue weighted by atomic mass is 16.5. The molecule has 0 bridgehead atoms. The predicted molar refractivity (Wildman–Crippen MR) is 95.3 cm³/mol. The van der Waals surface area contributed by atoms with E-state index in [1.807, 2.05) is 25.1 Å². The molecule has 0 aliphatic rings. The van der Waals surface area contributed by atoms with Crippen molar-refractivity contribution in [1.29, 1.82) is 0 Å². The molecule has 1 amide bonds. The van der Waals surface area contributed by atoms with Crippen LogP contribution in [0.25, 0.3) is 0 Å². The molecule has 2 rings (SSSR count). The second-order valence-corrected chi connectivity index (χ2v) is 5.69. The molecule has 0 aliphatic carbocycles. The molecule has 0 fully saturated rings. The van der Waals surface area contributed by atoms with E-state index < -0.39 is 0 Å². The molecule has 23 heavy (non-hydrogen) atoms. The molecule has 0 atom stereocenters. The number of para-hydroxylation sites is 1. The minimum atomic E-state index is 0.0187. The topological polar surface area (TPSA) is 38.3 Å².